The van der Waals surface area contributed by atoms with Crippen LogP contribution in [0.15, 0.2) is 30.3 Å². The largest absolute Gasteiger partial charge is 0.462 e. The summed E-state index contributed by atoms with van der Waals surface area (Å²) in [7, 11) is 10.1. The first-order valence-electron chi connectivity index (χ1n) is 22.2. The maximum Gasteiger partial charge on any atom is 0.329 e. The molecule has 62 heavy (non-hydrogen) atoms. The van der Waals surface area contributed by atoms with Gasteiger partial charge in [-0.15, -0.1) is 0 Å². The Bertz CT molecular complexity index is 1470. The molecule has 4 amide bonds. The maximum absolute atomic E-state index is 14.3. The number of esters is 1. The monoisotopic (exact) mass is 878 g/mol. The van der Waals surface area contributed by atoms with Crippen molar-refractivity contribution in [3.8, 4) is 0 Å². The molecule has 0 spiro atoms. The zero-order valence-electron chi connectivity index (χ0n) is 39.7. The standard InChI is InChI=1S/C46H79N5O11/c1-13-33(6)43(50(9)45(55)41(31(2)3)48-44(54)42(32(4)5)49(7)8)38(59-12)30-40(53)51-21-17-20-36(51)37(58-11)29-39(52)47-35(28-34-18-15-14-16-19-34)46(56)62-27-26-61-25-24-60-23-22-57-10/h14-16,18-19,31-33,35-38,41-43H,13,17,20-30H2,1-12H3,(H,47,52)(H,48,54)/t33-,35-,36-,37+,38+,41-,42-,43-/m0/s1. The number of ether oxygens (including phenoxy) is 6. The van der Waals surface area contributed by atoms with E-state index in [0.717, 1.165) is 12.0 Å². The lowest BCUT2D eigenvalue weighted by Crippen LogP contribution is -2.59. The van der Waals surface area contributed by atoms with Gasteiger partial charge in [-0.2, -0.15) is 0 Å². The average molecular weight is 878 g/mol. The maximum atomic E-state index is 14.3. The van der Waals surface area contributed by atoms with Crippen LogP contribution in [0.1, 0.15) is 79.2 Å². The van der Waals surface area contributed by atoms with Crippen molar-refractivity contribution in [3.05, 3.63) is 35.9 Å². The molecule has 2 rings (SSSR count). The van der Waals surface area contributed by atoms with Crippen LogP contribution in [0.4, 0.5) is 0 Å². The zero-order valence-corrected chi connectivity index (χ0v) is 39.7. The van der Waals surface area contributed by atoms with Gasteiger partial charge in [-0.05, 0) is 50.3 Å². The minimum absolute atomic E-state index is 0.00653. The van der Waals surface area contributed by atoms with Gasteiger partial charge >= 0.3 is 5.97 Å². The van der Waals surface area contributed by atoms with Crippen LogP contribution >= 0.6 is 0 Å². The molecule has 16 nitrogen and oxygen atoms in total. The van der Waals surface area contributed by atoms with Gasteiger partial charge in [-0.25, -0.2) is 4.79 Å². The van der Waals surface area contributed by atoms with E-state index < -0.39 is 54.3 Å². The van der Waals surface area contributed by atoms with Gasteiger partial charge in [0.1, 0.15) is 18.7 Å². The van der Waals surface area contributed by atoms with E-state index in [0.29, 0.717) is 45.8 Å². The van der Waals surface area contributed by atoms with Crippen LogP contribution in [-0.2, 0) is 58.8 Å². The fourth-order valence-corrected chi connectivity index (χ4v) is 8.23. The summed E-state index contributed by atoms with van der Waals surface area (Å²) in [5.41, 5.74) is 0.847. The van der Waals surface area contributed by atoms with E-state index in [4.69, 9.17) is 28.4 Å². The van der Waals surface area contributed by atoms with Gasteiger partial charge in [-0.3, -0.25) is 24.1 Å². The number of likely N-dealkylation sites (tertiary alicyclic amines) is 1. The second-order valence-electron chi connectivity index (χ2n) is 17.2. The molecule has 0 radical (unpaired) electrons. The molecule has 0 bridgehead atoms. The summed E-state index contributed by atoms with van der Waals surface area (Å²) in [6, 6.07) is 6.31. The minimum Gasteiger partial charge on any atom is -0.462 e. The van der Waals surface area contributed by atoms with Crippen molar-refractivity contribution in [3.63, 3.8) is 0 Å². The van der Waals surface area contributed by atoms with Gasteiger partial charge in [0.25, 0.3) is 0 Å². The van der Waals surface area contributed by atoms with Crippen LogP contribution in [-0.4, -0.2) is 175 Å². The number of likely N-dealkylation sites (N-methyl/N-ethyl adjacent to an activating group) is 2. The number of hydrogen-bond acceptors (Lipinski definition) is 12. The molecule has 1 aliphatic rings. The van der Waals surface area contributed by atoms with Crippen molar-refractivity contribution in [1.82, 2.24) is 25.3 Å². The molecule has 1 saturated heterocycles. The first-order valence-corrected chi connectivity index (χ1v) is 22.2. The molecule has 1 fully saturated rings. The molecule has 0 unspecified atom stereocenters. The molecule has 1 aliphatic heterocycles. The van der Waals surface area contributed by atoms with Crippen molar-refractivity contribution in [1.29, 1.82) is 0 Å². The van der Waals surface area contributed by atoms with Gasteiger partial charge < -0.3 is 48.9 Å². The molecule has 1 aromatic rings. The lowest BCUT2D eigenvalue weighted by molar-refractivity contribution is -0.150. The Labute approximate surface area is 371 Å². The number of amides is 4. The number of nitrogens with zero attached hydrogens (tertiary/aromatic N) is 3. The topological polar surface area (TPSA) is 175 Å². The molecule has 2 N–H and O–H groups in total. The lowest BCUT2D eigenvalue weighted by atomic mass is 9.89. The Balaban J connectivity index is 2.18. The van der Waals surface area contributed by atoms with Crippen LogP contribution in [0, 0.1) is 17.8 Å². The fraction of sp³-hybridized carbons (Fsp3) is 0.761. The summed E-state index contributed by atoms with van der Waals surface area (Å²) in [5, 5.41) is 5.90. The molecule has 16 heteroatoms. The van der Waals surface area contributed by atoms with E-state index in [-0.39, 0.29) is 68.0 Å². The zero-order chi connectivity index (χ0) is 46.4. The number of benzene rings is 1. The Morgan fingerprint density at radius 2 is 1.44 bits per heavy atom. The quantitative estimate of drug-likeness (QED) is 0.0854. The predicted octanol–water partition coefficient (Wildman–Crippen LogP) is 3.34. The first-order chi connectivity index (χ1) is 29.5. The summed E-state index contributed by atoms with van der Waals surface area (Å²) in [5.74, 6) is -1.85. The summed E-state index contributed by atoms with van der Waals surface area (Å²) >= 11 is 0. The Morgan fingerprint density at radius 3 is 1.98 bits per heavy atom. The van der Waals surface area contributed by atoms with Crippen molar-refractivity contribution in [2.24, 2.45) is 17.8 Å². The molecule has 8 atom stereocenters. The van der Waals surface area contributed by atoms with Crippen LogP contribution in [0.3, 0.4) is 0 Å². The highest BCUT2D eigenvalue weighted by Gasteiger charge is 2.42. The summed E-state index contributed by atoms with van der Waals surface area (Å²) in [6.45, 7) is 14.1. The predicted molar refractivity (Wildman–Crippen MR) is 237 cm³/mol. The van der Waals surface area contributed by atoms with Gasteiger partial charge in [0, 0.05) is 41.3 Å². The molecule has 0 saturated carbocycles. The van der Waals surface area contributed by atoms with Crippen molar-refractivity contribution >= 4 is 29.6 Å². The Morgan fingerprint density at radius 1 is 0.806 bits per heavy atom. The lowest BCUT2D eigenvalue weighted by Gasteiger charge is -2.41. The fourth-order valence-electron chi connectivity index (χ4n) is 8.23. The number of hydrogen-bond donors (Lipinski definition) is 2. The summed E-state index contributed by atoms with van der Waals surface area (Å²) in [6.07, 6.45) is 0.860. The molecule has 354 valence electrons. The molecule has 1 heterocycles. The van der Waals surface area contributed by atoms with E-state index >= 15 is 0 Å². The van der Waals surface area contributed by atoms with E-state index in [1.54, 1.807) is 31.1 Å². The molecular formula is C46H79N5O11. The summed E-state index contributed by atoms with van der Waals surface area (Å²) < 4.78 is 33.3. The van der Waals surface area contributed by atoms with E-state index in [1.807, 2.05) is 90.9 Å². The van der Waals surface area contributed by atoms with Crippen molar-refractivity contribution in [2.75, 3.05) is 88.7 Å². The third-order valence-electron chi connectivity index (χ3n) is 11.7. The highest BCUT2D eigenvalue weighted by atomic mass is 16.6. The van der Waals surface area contributed by atoms with E-state index in [1.165, 1.54) is 7.11 Å². The van der Waals surface area contributed by atoms with Crippen LogP contribution in [0.2, 0.25) is 0 Å². The van der Waals surface area contributed by atoms with Crippen LogP contribution < -0.4 is 10.6 Å². The number of rotatable bonds is 30. The van der Waals surface area contributed by atoms with Crippen LogP contribution in [0.5, 0.6) is 0 Å². The number of nitrogens with one attached hydrogen (secondary N) is 2. The number of carbonyl (C=O) groups is 5. The third-order valence-corrected chi connectivity index (χ3v) is 11.7. The second-order valence-corrected chi connectivity index (χ2v) is 17.2. The Kier molecular flexibility index (Phi) is 25.4. The summed E-state index contributed by atoms with van der Waals surface area (Å²) in [4.78, 5) is 74.3. The van der Waals surface area contributed by atoms with Gasteiger partial charge in [0.05, 0.1) is 76.2 Å². The number of carbonyl (C=O) groups excluding carboxylic acids is 5. The minimum atomic E-state index is -0.964. The van der Waals surface area contributed by atoms with Gasteiger partial charge in [0.15, 0.2) is 0 Å². The Hall–Kier alpha value is -3.67. The molecule has 1 aromatic carbocycles. The normalized spacial score (nSPS) is 17.6. The molecular weight excluding hydrogens is 799 g/mol. The van der Waals surface area contributed by atoms with Gasteiger partial charge in [0.2, 0.25) is 23.6 Å². The van der Waals surface area contributed by atoms with Crippen molar-refractivity contribution < 1.29 is 52.4 Å². The third kappa shape index (κ3) is 17.5. The van der Waals surface area contributed by atoms with Crippen LogP contribution in [0.25, 0.3) is 0 Å². The second kappa shape index (κ2) is 28.9. The molecule has 0 aromatic heterocycles. The highest BCUT2D eigenvalue weighted by Crippen LogP contribution is 2.28. The highest BCUT2D eigenvalue weighted by molar-refractivity contribution is 5.90. The SMILES string of the molecule is CC[C@H](C)[C@@H]([C@@H](CC(=O)N1CCC[C@H]1[C@@H](CC(=O)N[C@@H](Cc1ccccc1)C(=O)OCCOCCOCCOC)OC)OC)N(C)C(=O)[C@@H](NC(=O)[C@H](C(C)C)N(C)C)C(C)C. The van der Waals surface area contributed by atoms with E-state index in [2.05, 4.69) is 10.6 Å². The van der Waals surface area contributed by atoms with Gasteiger partial charge in [-0.1, -0.05) is 78.3 Å². The van der Waals surface area contributed by atoms with E-state index in [9.17, 15) is 24.0 Å². The average Bonchev–Trinajstić information content (AvgIpc) is 3.73. The number of methoxy groups -OCH3 is 3. The first kappa shape index (κ1) is 54.5. The molecule has 0 aliphatic carbocycles. The smallest absolute Gasteiger partial charge is 0.329 e. The van der Waals surface area contributed by atoms with Crippen molar-refractivity contribution in [2.45, 2.75) is 122 Å².